The first-order chi connectivity index (χ1) is 12.6. The molecule has 0 saturated carbocycles. The van der Waals surface area contributed by atoms with Crippen LogP contribution in [0.2, 0.25) is 0 Å². The molecule has 1 amide bonds. The summed E-state index contributed by atoms with van der Waals surface area (Å²) in [5.41, 5.74) is 5.26. The van der Waals surface area contributed by atoms with Crippen molar-refractivity contribution in [2.45, 2.75) is 47.1 Å². The van der Waals surface area contributed by atoms with Crippen molar-refractivity contribution in [2.24, 2.45) is 0 Å². The number of hydrogen-bond donors (Lipinski definition) is 1. The Hall–Kier alpha value is -2.34. The lowest BCUT2D eigenvalue weighted by atomic mass is 10.1. The topological polar surface area (TPSA) is 66.5 Å². The average Bonchev–Trinajstić information content (AvgIpc) is 2.58. The lowest BCUT2D eigenvalue weighted by molar-refractivity contribution is -0.116. The van der Waals surface area contributed by atoms with Crippen LogP contribution in [-0.4, -0.2) is 26.6 Å². The molecule has 2 aromatic carbocycles. The van der Waals surface area contributed by atoms with Gasteiger partial charge in [-0.25, -0.2) is 8.42 Å². The molecule has 0 radical (unpaired) electrons. The summed E-state index contributed by atoms with van der Waals surface area (Å²) in [7, 11) is -3.64. The van der Waals surface area contributed by atoms with E-state index in [1.165, 1.54) is 4.31 Å². The summed E-state index contributed by atoms with van der Waals surface area (Å²) in [4.78, 5) is 12.9. The number of nitrogens with one attached hydrogen (secondary N) is 1. The Morgan fingerprint density at radius 3 is 2.30 bits per heavy atom. The van der Waals surface area contributed by atoms with E-state index in [-0.39, 0.29) is 5.91 Å². The molecule has 0 spiro atoms. The minimum atomic E-state index is -3.64. The number of sulfonamides is 1. The van der Waals surface area contributed by atoms with Crippen molar-refractivity contribution in [3.05, 3.63) is 58.7 Å². The number of aryl methyl sites for hydroxylation is 4. The van der Waals surface area contributed by atoms with Gasteiger partial charge in [-0.2, -0.15) is 0 Å². The molecule has 1 atom stereocenters. The Kier molecular flexibility index (Phi) is 6.31. The van der Waals surface area contributed by atoms with Crippen molar-refractivity contribution in [3.63, 3.8) is 0 Å². The van der Waals surface area contributed by atoms with Crippen molar-refractivity contribution < 1.29 is 13.2 Å². The third kappa shape index (κ3) is 4.69. The van der Waals surface area contributed by atoms with Crippen molar-refractivity contribution in [1.82, 2.24) is 0 Å². The van der Waals surface area contributed by atoms with Crippen LogP contribution in [0.3, 0.4) is 0 Å². The molecular formula is C21H28N2O3S. The van der Waals surface area contributed by atoms with E-state index in [0.29, 0.717) is 5.69 Å². The zero-order valence-corrected chi connectivity index (χ0v) is 17.6. The number of carbonyl (C=O) groups excluding carboxylic acids is 1. The normalized spacial score (nSPS) is 12.5. The van der Waals surface area contributed by atoms with Gasteiger partial charge in [0.15, 0.2) is 0 Å². The Morgan fingerprint density at radius 2 is 1.74 bits per heavy atom. The fourth-order valence-electron chi connectivity index (χ4n) is 3.10. The van der Waals surface area contributed by atoms with Crippen molar-refractivity contribution in [2.75, 3.05) is 15.9 Å². The molecule has 146 valence electrons. The third-order valence-electron chi connectivity index (χ3n) is 4.82. The molecule has 0 saturated heterocycles. The summed E-state index contributed by atoms with van der Waals surface area (Å²) in [6.45, 7) is 9.44. The van der Waals surface area contributed by atoms with Crippen LogP contribution in [0.25, 0.3) is 0 Å². The molecule has 0 aromatic heterocycles. The summed E-state index contributed by atoms with van der Waals surface area (Å²) in [6.07, 6.45) is 1.90. The van der Waals surface area contributed by atoms with E-state index in [9.17, 15) is 13.2 Å². The predicted molar refractivity (Wildman–Crippen MR) is 112 cm³/mol. The van der Waals surface area contributed by atoms with Crippen LogP contribution < -0.4 is 9.62 Å². The molecule has 27 heavy (non-hydrogen) atoms. The number of carbonyl (C=O) groups is 1. The van der Waals surface area contributed by atoms with E-state index in [0.717, 1.165) is 40.6 Å². The molecule has 0 fully saturated rings. The van der Waals surface area contributed by atoms with Gasteiger partial charge >= 0.3 is 0 Å². The molecule has 6 heteroatoms. The summed E-state index contributed by atoms with van der Waals surface area (Å²) < 4.78 is 26.1. The van der Waals surface area contributed by atoms with Gasteiger partial charge in [0.05, 0.1) is 11.9 Å². The lowest BCUT2D eigenvalue weighted by Gasteiger charge is -2.29. The van der Waals surface area contributed by atoms with Crippen LogP contribution in [-0.2, 0) is 21.2 Å². The zero-order chi connectivity index (χ0) is 20.4. The maximum absolute atomic E-state index is 12.9. The fourth-order valence-corrected chi connectivity index (χ4v) is 4.27. The molecule has 0 aliphatic heterocycles. The molecule has 1 N–H and O–H groups in total. The molecule has 5 nitrogen and oxygen atoms in total. The highest BCUT2D eigenvalue weighted by Gasteiger charge is 2.29. The van der Waals surface area contributed by atoms with E-state index >= 15 is 0 Å². The Bertz CT molecular complexity index is 952. The lowest BCUT2D eigenvalue weighted by Crippen LogP contribution is -2.45. The van der Waals surface area contributed by atoms with E-state index in [1.54, 1.807) is 19.1 Å². The maximum atomic E-state index is 12.9. The molecule has 0 aliphatic carbocycles. The highest BCUT2D eigenvalue weighted by Crippen LogP contribution is 2.26. The first-order valence-corrected chi connectivity index (χ1v) is 10.9. The minimum Gasteiger partial charge on any atom is -0.324 e. The van der Waals surface area contributed by atoms with Crippen LogP contribution in [0.5, 0.6) is 0 Å². The molecule has 0 aliphatic rings. The monoisotopic (exact) mass is 388 g/mol. The van der Waals surface area contributed by atoms with Crippen molar-refractivity contribution in [1.29, 1.82) is 0 Å². The molecule has 2 rings (SSSR count). The SMILES string of the molecule is CCc1cccc(C)c1NC(=O)[C@H](C)N(c1ccc(C)c(C)c1)S(C)(=O)=O. The summed E-state index contributed by atoms with van der Waals surface area (Å²) >= 11 is 0. The standard InChI is InChI=1S/C21H28N2O3S/c1-7-18-10-8-9-15(3)20(18)22-21(24)17(5)23(27(6,25)26)19-12-11-14(2)16(4)13-19/h8-13,17H,7H2,1-6H3,(H,22,24)/t17-/m0/s1. The largest absolute Gasteiger partial charge is 0.324 e. The third-order valence-corrected chi connectivity index (χ3v) is 6.06. The fraction of sp³-hybridized carbons (Fsp3) is 0.381. The van der Waals surface area contributed by atoms with Gasteiger partial charge in [-0.3, -0.25) is 9.10 Å². The number of nitrogens with zero attached hydrogens (tertiary/aromatic N) is 1. The van der Waals surface area contributed by atoms with Gasteiger partial charge < -0.3 is 5.32 Å². The van der Waals surface area contributed by atoms with E-state index in [2.05, 4.69) is 5.32 Å². The van der Waals surface area contributed by atoms with Crippen LogP contribution >= 0.6 is 0 Å². The van der Waals surface area contributed by atoms with E-state index in [4.69, 9.17) is 0 Å². The van der Waals surface area contributed by atoms with Gasteiger partial charge in [0.1, 0.15) is 6.04 Å². The molecule has 0 heterocycles. The average molecular weight is 389 g/mol. The summed E-state index contributed by atoms with van der Waals surface area (Å²) in [5, 5.41) is 2.93. The van der Waals surface area contributed by atoms with Crippen LogP contribution in [0.4, 0.5) is 11.4 Å². The number of rotatable bonds is 6. The smallest absolute Gasteiger partial charge is 0.248 e. The molecule has 0 bridgehead atoms. The Labute approximate surface area is 162 Å². The van der Waals surface area contributed by atoms with Gasteiger partial charge in [-0.15, -0.1) is 0 Å². The van der Waals surface area contributed by atoms with E-state index in [1.807, 2.05) is 52.0 Å². The first-order valence-electron chi connectivity index (χ1n) is 9.02. The first kappa shape index (κ1) is 21.0. The number of benzene rings is 2. The highest BCUT2D eigenvalue weighted by molar-refractivity contribution is 7.92. The Morgan fingerprint density at radius 1 is 1.07 bits per heavy atom. The predicted octanol–water partition coefficient (Wildman–Crippen LogP) is 3.97. The Balaban J connectivity index is 2.40. The minimum absolute atomic E-state index is 0.359. The summed E-state index contributed by atoms with van der Waals surface area (Å²) in [5.74, 6) is -0.359. The van der Waals surface area contributed by atoms with Gasteiger partial charge in [0, 0.05) is 5.69 Å². The quantitative estimate of drug-likeness (QED) is 0.814. The second-order valence-corrected chi connectivity index (χ2v) is 8.81. The number of amides is 1. The summed E-state index contributed by atoms with van der Waals surface area (Å²) in [6, 6.07) is 10.4. The highest BCUT2D eigenvalue weighted by atomic mass is 32.2. The second kappa shape index (κ2) is 8.13. The van der Waals surface area contributed by atoms with Crippen molar-refractivity contribution >= 4 is 27.3 Å². The van der Waals surface area contributed by atoms with Crippen molar-refractivity contribution in [3.8, 4) is 0 Å². The zero-order valence-electron chi connectivity index (χ0n) is 16.8. The van der Waals surface area contributed by atoms with Gasteiger partial charge in [-0.05, 0) is 68.5 Å². The number of hydrogen-bond acceptors (Lipinski definition) is 3. The van der Waals surface area contributed by atoms with E-state index < -0.39 is 16.1 Å². The second-order valence-electron chi connectivity index (χ2n) is 6.96. The molecular weight excluding hydrogens is 360 g/mol. The van der Waals surface area contributed by atoms with Gasteiger partial charge in [0.2, 0.25) is 15.9 Å². The van der Waals surface area contributed by atoms with Gasteiger partial charge in [-0.1, -0.05) is 31.2 Å². The molecule has 2 aromatic rings. The van der Waals surface area contributed by atoms with Gasteiger partial charge in [0.25, 0.3) is 0 Å². The number of para-hydroxylation sites is 1. The molecule has 0 unspecified atom stereocenters. The maximum Gasteiger partial charge on any atom is 0.248 e. The van der Waals surface area contributed by atoms with Crippen LogP contribution in [0.1, 0.15) is 36.1 Å². The van der Waals surface area contributed by atoms with Crippen LogP contribution in [0.15, 0.2) is 36.4 Å². The number of anilines is 2. The van der Waals surface area contributed by atoms with Crippen LogP contribution in [0, 0.1) is 20.8 Å².